The number of benzene rings is 2. The van der Waals surface area contributed by atoms with Crippen LogP contribution in [-0.2, 0) is 17.8 Å². The molecule has 0 spiro atoms. The number of halogens is 1. The van der Waals surface area contributed by atoms with Gasteiger partial charge in [-0.05, 0) is 41.8 Å². The van der Waals surface area contributed by atoms with Gasteiger partial charge in [-0.1, -0.05) is 40.2 Å². The third kappa shape index (κ3) is 3.64. The van der Waals surface area contributed by atoms with Gasteiger partial charge in [-0.3, -0.25) is 4.79 Å². The quantitative estimate of drug-likeness (QED) is 0.761. The molecule has 0 fully saturated rings. The fourth-order valence-electron chi connectivity index (χ4n) is 2.79. The van der Waals surface area contributed by atoms with Crippen LogP contribution >= 0.6 is 15.9 Å². The van der Waals surface area contributed by atoms with E-state index in [0.29, 0.717) is 6.54 Å². The molecule has 2 aromatic carbocycles. The summed E-state index contributed by atoms with van der Waals surface area (Å²) in [4.78, 5) is 14.3. The Balaban J connectivity index is 1.74. The van der Waals surface area contributed by atoms with E-state index in [1.54, 1.807) is 13.2 Å². The van der Waals surface area contributed by atoms with E-state index in [1.807, 2.05) is 35.2 Å². The first-order valence-corrected chi connectivity index (χ1v) is 8.34. The van der Waals surface area contributed by atoms with Crippen LogP contribution in [0.1, 0.15) is 16.7 Å². The zero-order valence-electron chi connectivity index (χ0n) is 13.0. The van der Waals surface area contributed by atoms with Crippen molar-refractivity contribution in [2.75, 3.05) is 13.7 Å². The maximum Gasteiger partial charge on any atom is 0.246 e. The van der Waals surface area contributed by atoms with E-state index in [4.69, 9.17) is 4.74 Å². The molecule has 4 heteroatoms. The lowest BCUT2D eigenvalue weighted by molar-refractivity contribution is -0.126. The number of amides is 1. The van der Waals surface area contributed by atoms with Gasteiger partial charge in [0.2, 0.25) is 5.91 Å². The molecule has 3 rings (SSSR count). The topological polar surface area (TPSA) is 29.5 Å². The lowest BCUT2D eigenvalue weighted by Gasteiger charge is -2.27. The second-order valence-corrected chi connectivity index (χ2v) is 6.41. The van der Waals surface area contributed by atoms with Crippen molar-refractivity contribution in [3.8, 4) is 5.75 Å². The van der Waals surface area contributed by atoms with E-state index < -0.39 is 0 Å². The highest BCUT2D eigenvalue weighted by molar-refractivity contribution is 9.10. The van der Waals surface area contributed by atoms with Gasteiger partial charge in [0, 0.05) is 29.2 Å². The Morgan fingerprint density at radius 2 is 2.00 bits per heavy atom. The van der Waals surface area contributed by atoms with Crippen LogP contribution in [0, 0.1) is 0 Å². The maximum atomic E-state index is 12.5. The van der Waals surface area contributed by atoms with E-state index in [1.165, 1.54) is 11.1 Å². The molecular formula is C19H18BrNO2. The van der Waals surface area contributed by atoms with Crippen LogP contribution in [0.25, 0.3) is 6.08 Å². The Morgan fingerprint density at radius 3 is 2.78 bits per heavy atom. The number of fused-ring (bicyclic) bond motifs is 1. The highest BCUT2D eigenvalue weighted by Crippen LogP contribution is 2.24. The minimum atomic E-state index is 0.0292. The normalized spacial score (nSPS) is 13.9. The SMILES string of the molecule is COc1ccc(Br)cc1/C=C/C(=O)N1CCc2ccccc2C1. The fourth-order valence-corrected chi connectivity index (χ4v) is 3.16. The monoisotopic (exact) mass is 371 g/mol. The largest absolute Gasteiger partial charge is 0.496 e. The number of hydrogen-bond acceptors (Lipinski definition) is 2. The number of hydrogen-bond donors (Lipinski definition) is 0. The van der Waals surface area contributed by atoms with Gasteiger partial charge < -0.3 is 9.64 Å². The number of ether oxygens (including phenoxy) is 1. The highest BCUT2D eigenvalue weighted by atomic mass is 79.9. The Labute approximate surface area is 144 Å². The van der Waals surface area contributed by atoms with Crippen molar-refractivity contribution in [2.45, 2.75) is 13.0 Å². The minimum Gasteiger partial charge on any atom is -0.496 e. The molecule has 1 amide bonds. The Hall–Kier alpha value is -2.07. The molecule has 118 valence electrons. The zero-order chi connectivity index (χ0) is 16.2. The van der Waals surface area contributed by atoms with E-state index in [-0.39, 0.29) is 5.91 Å². The summed E-state index contributed by atoms with van der Waals surface area (Å²) in [6, 6.07) is 14.0. The molecule has 3 nitrogen and oxygen atoms in total. The van der Waals surface area contributed by atoms with Gasteiger partial charge in [-0.15, -0.1) is 0 Å². The average molecular weight is 372 g/mol. The van der Waals surface area contributed by atoms with Crippen molar-refractivity contribution in [3.63, 3.8) is 0 Å². The lowest BCUT2D eigenvalue weighted by atomic mass is 10.00. The minimum absolute atomic E-state index is 0.0292. The molecule has 1 aliphatic heterocycles. The number of carbonyl (C=O) groups is 1. The molecule has 0 saturated heterocycles. The predicted molar refractivity (Wildman–Crippen MR) is 95.3 cm³/mol. The van der Waals surface area contributed by atoms with Gasteiger partial charge in [0.1, 0.15) is 5.75 Å². The molecule has 0 saturated carbocycles. The first-order valence-electron chi connectivity index (χ1n) is 7.54. The third-order valence-corrected chi connectivity index (χ3v) is 4.53. The summed E-state index contributed by atoms with van der Waals surface area (Å²) < 4.78 is 6.28. The third-order valence-electron chi connectivity index (χ3n) is 4.04. The van der Waals surface area contributed by atoms with Crippen LogP contribution in [0.2, 0.25) is 0 Å². The summed E-state index contributed by atoms with van der Waals surface area (Å²) in [7, 11) is 1.63. The van der Waals surface area contributed by atoms with Crippen molar-refractivity contribution in [1.29, 1.82) is 0 Å². The molecule has 0 unspecified atom stereocenters. The summed E-state index contributed by atoms with van der Waals surface area (Å²) in [6.45, 7) is 1.44. The van der Waals surface area contributed by atoms with E-state index in [2.05, 4.69) is 34.1 Å². The maximum absolute atomic E-state index is 12.5. The Kier molecular flexibility index (Phi) is 4.82. The van der Waals surface area contributed by atoms with Crippen LogP contribution in [0.15, 0.2) is 53.0 Å². The summed E-state index contributed by atoms with van der Waals surface area (Å²) in [5, 5.41) is 0. The first kappa shape index (κ1) is 15.8. The number of nitrogens with zero attached hydrogens (tertiary/aromatic N) is 1. The molecule has 0 aliphatic carbocycles. The van der Waals surface area contributed by atoms with Crippen molar-refractivity contribution in [3.05, 3.63) is 69.7 Å². The molecule has 0 aromatic heterocycles. The van der Waals surface area contributed by atoms with Crippen molar-refractivity contribution in [1.82, 2.24) is 4.90 Å². The highest BCUT2D eigenvalue weighted by Gasteiger charge is 2.18. The van der Waals surface area contributed by atoms with Gasteiger partial charge in [-0.2, -0.15) is 0 Å². The lowest BCUT2D eigenvalue weighted by Crippen LogP contribution is -2.34. The molecule has 0 atom stereocenters. The van der Waals surface area contributed by atoms with Gasteiger partial charge in [-0.25, -0.2) is 0 Å². The Morgan fingerprint density at radius 1 is 1.22 bits per heavy atom. The van der Waals surface area contributed by atoms with Crippen molar-refractivity contribution in [2.24, 2.45) is 0 Å². The van der Waals surface area contributed by atoms with Gasteiger partial charge in [0.25, 0.3) is 0 Å². The standard InChI is InChI=1S/C19H18BrNO2/c1-23-18-8-7-17(20)12-15(18)6-9-19(22)21-11-10-14-4-2-3-5-16(14)13-21/h2-9,12H,10-11,13H2,1H3/b9-6+. The van der Waals surface area contributed by atoms with E-state index >= 15 is 0 Å². The summed E-state index contributed by atoms with van der Waals surface area (Å²) in [5.74, 6) is 0.780. The van der Waals surface area contributed by atoms with E-state index in [0.717, 1.165) is 28.8 Å². The molecule has 0 radical (unpaired) electrons. The van der Waals surface area contributed by atoms with Crippen LogP contribution in [0.4, 0.5) is 0 Å². The van der Waals surface area contributed by atoms with Crippen LogP contribution in [0.3, 0.4) is 0 Å². The molecule has 2 aromatic rings. The average Bonchev–Trinajstić information content (AvgIpc) is 2.59. The summed E-state index contributed by atoms with van der Waals surface area (Å²) >= 11 is 3.44. The van der Waals surface area contributed by atoms with Crippen LogP contribution in [0.5, 0.6) is 5.75 Å². The van der Waals surface area contributed by atoms with Crippen molar-refractivity contribution < 1.29 is 9.53 Å². The number of methoxy groups -OCH3 is 1. The number of rotatable bonds is 3. The first-order chi connectivity index (χ1) is 11.2. The second kappa shape index (κ2) is 7.01. The zero-order valence-corrected chi connectivity index (χ0v) is 14.5. The van der Waals surface area contributed by atoms with Crippen molar-refractivity contribution >= 4 is 27.9 Å². The molecule has 0 N–H and O–H groups in total. The van der Waals surface area contributed by atoms with Gasteiger partial charge >= 0.3 is 0 Å². The molecular weight excluding hydrogens is 354 g/mol. The molecule has 1 aliphatic rings. The predicted octanol–water partition coefficient (Wildman–Crippen LogP) is 4.06. The fraction of sp³-hybridized carbons (Fsp3) is 0.211. The molecule has 0 bridgehead atoms. The van der Waals surface area contributed by atoms with Gasteiger partial charge in [0.05, 0.1) is 7.11 Å². The Bertz CT molecular complexity index is 755. The van der Waals surface area contributed by atoms with E-state index in [9.17, 15) is 4.79 Å². The number of carbonyl (C=O) groups excluding carboxylic acids is 1. The van der Waals surface area contributed by atoms with Crippen LogP contribution in [-0.4, -0.2) is 24.5 Å². The molecule has 23 heavy (non-hydrogen) atoms. The molecule has 1 heterocycles. The van der Waals surface area contributed by atoms with Gasteiger partial charge in [0.15, 0.2) is 0 Å². The van der Waals surface area contributed by atoms with Crippen LogP contribution < -0.4 is 4.74 Å². The second-order valence-electron chi connectivity index (χ2n) is 5.50. The summed E-state index contributed by atoms with van der Waals surface area (Å²) in [5.41, 5.74) is 3.46. The smallest absolute Gasteiger partial charge is 0.246 e. The summed E-state index contributed by atoms with van der Waals surface area (Å²) in [6.07, 6.45) is 4.35.